The maximum Gasteiger partial charge on any atom is 0.171 e. The molecular formula is C18H27FN3OS+. The van der Waals surface area contributed by atoms with Crippen LogP contribution in [0.4, 0.5) is 10.1 Å². The first kappa shape index (κ1) is 17.6. The predicted octanol–water partition coefficient (Wildman–Crippen LogP) is 1.73. The summed E-state index contributed by atoms with van der Waals surface area (Å²) in [7, 11) is 0. The summed E-state index contributed by atoms with van der Waals surface area (Å²) in [6.07, 6.45) is 6.32. The van der Waals surface area contributed by atoms with Gasteiger partial charge in [-0.05, 0) is 37.2 Å². The summed E-state index contributed by atoms with van der Waals surface area (Å²) < 4.78 is 19.3. The largest absolute Gasteiger partial charge is 0.370 e. The highest BCUT2D eigenvalue weighted by Crippen LogP contribution is 2.25. The molecule has 0 spiro atoms. The van der Waals surface area contributed by atoms with Gasteiger partial charge in [-0.2, -0.15) is 0 Å². The van der Waals surface area contributed by atoms with Crippen LogP contribution >= 0.6 is 12.2 Å². The molecule has 0 atom stereocenters. The summed E-state index contributed by atoms with van der Waals surface area (Å²) in [5.74, 6) is -0.284. The van der Waals surface area contributed by atoms with Crippen molar-refractivity contribution in [1.29, 1.82) is 0 Å². The third-order valence-corrected chi connectivity index (χ3v) is 5.61. The molecule has 0 amide bonds. The van der Waals surface area contributed by atoms with E-state index >= 15 is 0 Å². The van der Waals surface area contributed by atoms with Gasteiger partial charge in [-0.15, -0.1) is 0 Å². The third kappa shape index (κ3) is 4.23. The fourth-order valence-corrected chi connectivity index (χ4v) is 4.19. The number of morpholine rings is 1. The van der Waals surface area contributed by atoms with Crippen LogP contribution in [0.2, 0.25) is 0 Å². The molecule has 6 heteroatoms. The van der Waals surface area contributed by atoms with E-state index < -0.39 is 0 Å². The summed E-state index contributed by atoms with van der Waals surface area (Å²) in [6.45, 7) is 4.65. The van der Waals surface area contributed by atoms with Crippen LogP contribution in [0.5, 0.6) is 0 Å². The van der Waals surface area contributed by atoms with Gasteiger partial charge >= 0.3 is 0 Å². The zero-order chi connectivity index (χ0) is 16.8. The van der Waals surface area contributed by atoms with Crippen molar-refractivity contribution < 1.29 is 14.0 Å². The minimum Gasteiger partial charge on any atom is -0.370 e. The lowest BCUT2D eigenvalue weighted by atomic mass is 9.80. The summed E-state index contributed by atoms with van der Waals surface area (Å²) in [6, 6.07) is 6.61. The molecule has 0 unspecified atom stereocenters. The van der Waals surface area contributed by atoms with Gasteiger partial charge in [-0.1, -0.05) is 18.6 Å². The molecule has 132 valence electrons. The number of nitrogens with one attached hydrogen (secondary N) is 3. The van der Waals surface area contributed by atoms with E-state index in [4.69, 9.17) is 17.0 Å². The van der Waals surface area contributed by atoms with Crippen LogP contribution in [0.15, 0.2) is 24.3 Å². The van der Waals surface area contributed by atoms with Crippen LogP contribution in [0.25, 0.3) is 0 Å². The van der Waals surface area contributed by atoms with E-state index in [2.05, 4.69) is 10.6 Å². The molecular weight excluding hydrogens is 325 g/mol. The van der Waals surface area contributed by atoms with Gasteiger partial charge < -0.3 is 20.3 Å². The van der Waals surface area contributed by atoms with Gasteiger partial charge in [0.1, 0.15) is 24.4 Å². The average Bonchev–Trinajstić information content (AvgIpc) is 2.63. The average molecular weight is 352 g/mol. The van der Waals surface area contributed by atoms with Crippen LogP contribution < -0.4 is 15.5 Å². The Hall–Kier alpha value is -1.24. The van der Waals surface area contributed by atoms with Gasteiger partial charge in [0.25, 0.3) is 0 Å². The molecule has 4 nitrogen and oxygen atoms in total. The van der Waals surface area contributed by atoms with E-state index in [9.17, 15) is 4.39 Å². The Morgan fingerprint density at radius 1 is 1.17 bits per heavy atom. The fraction of sp³-hybridized carbons (Fsp3) is 0.611. The molecule has 0 radical (unpaired) electrons. The summed E-state index contributed by atoms with van der Waals surface area (Å²) in [5.41, 5.74) is 0.648. The highest BCUT2D eigenvalue weighted by molar-refractivity contribution is 7.80. The van der Waals surface area contributed by atoms with E-state index in [1.54, 1.807) is 23.1 Å². The predicted molar refractivity (Wildman–Crippen MR) is 98.0 cm³/mol. The normalized spacial score (nSPS) is 21.2. The lowest BCUT2D eigenvalue weighted by Gasteiger charge is -2.45. The number of rotatable bonds is 4. The van der Waals surface area contributed by atoms with Crippen LogP contribution in [-0.4, -0.2) is 43.5 Å². The van der Waals surface area contributed by atoms with Crippen LogP contribution in [0, 0.1) is 5.82 Å². The molecule has 3 N–H and O–H groups in total. The molecule has 1 heterocycles. The number of benzene rings is 1. The van der Waals surface area contributed by atoms with E-state index in [1.807, 2.05) is 0 Å². The Morgan fingerprint density at radius 2 is 1.88 bits per heavy atom. The third-order valence-electron chi connectivity index (χ3n) is 5.37. The summed E-state index contributed by atoms with van der Waals surface area (Å²) >= 11 is 5.39. The van der Waals surface area contributed by atoms with Crippen molar-refractivity contribution >= 4 is 23.0 Å². The van der Waals surface area contributed by atoms with Crippen molar-refractivity contribution in [3.63, 3.8) is 0 Å². The molecule has 0 bridgehead atoms. The SMILES string of the molecule is Fc1ccccc1NC(=S)NCC1([NH+]2CCOCC2)CCCCC1. The Morgan fingerprint density at radius 3 is 2.58 bits per heavy atom. The molecule has 1 aliphatic carbocycles. The zero-order valence-corrected chi connectivity index (χ0v) is 14.9. The van der Waals surface area contributed by atoms with Crippen molar-refractivity contribution in [2.24, 2.45) is 0 Å². The van der Waals surface area contributed by atoms with Gasteiger partial charge in [-0.25, -0.2) is 4.39 Å². The smallest absolute Gasteiger partial charge is 0.171 e. The molecule has 1 saturated heterocycles. The van der Waals surface area contributed by atoms with Gasteiger partial charge in [0.15, 0.2) is 5.11 Å². The first-order valence-corrected chi connectivity index (χ1v) is 9.33. The first-order chi connectivity index (χ1) is 11.7. The molecule has 1 aliphatic heterocycles. The van der Waals surface area contributed by atoms with E-state index in [1.165, 1.54) is 38.2 Å². The molecule has 2 aliphatic rings. The van der Waals surface area contributed by atoms with E-state index in [0.29, 0.717) is 10.8 Å². The maximum atomic E-state index is 13.7. The second-order valence-electron chi connectivity index (χ2n) is 6.84. The quantitative estimate of drug-likeness (QED) is 0.722. The molecule has 3 rings (SSSR count). The molecule has 1 saturated carbocycles. The van der Waals surface area contributed by atoms with Crippen molar-refractivity contribution in [1.82, 2.24) is 5.32 Å². The van der Waals surface area contributed by atoms with Crippen LogP contribution in [0.1, 0.15) is 32.1 Å². The number of anilines is 1. The number of para-hydroxylation sites is 1. The monoisotopic (exact) mass is 352 g/mol. The van der Waals surface area contributed by atoms with Crippen molar-refractivity contribution in [3.8, 4) is 0 Å². The highest BCUT2D eigenvalue weighted by Gasteiger charge is 2.42. The second-order valence-corrected chi connectivity index (χ2v) is 7.25. The van der Waals surface area contributed by atoms with Crippen molar-refractivity contribution in [3.05, 3.63) is 30.1 Å². The Balaban J connectivity index is 1.60. The lowest BCUT2D eigenvalue weighted by Crippen LogP contribution is -3.23. The Labute approximate surface area is 148 Å². The maximum absolute atomic E-state index is 13.7. The fourth-order valence-electron chi connectivity index (χ4n) is 4.01. The Kier molecular flexibility index (Phi) is 6.03. The van der Waals surface area contributed by atoms with Gasteiger partial charge in [0.05, 0.1) is 25.4 Å². The number of hydrogen-bond donors (Lipinski definition) is 3. The number of ether oxygens (including phenoxy) is 1. The number of hydrogen-bond acceptors (Lipinski definition) is 2. The highest BCUT2D eigenvalue weighted by atomic mass is 32.1. The first-order valence-electron chi connectivity index (χ1n) is 8.92. The lowest BCUT2D eigenvalue weighted by molar-refractivity contribution is -0.960. The summed E-state index contributed by atoms with van der Waals surface area (Å²) in [4.78, 5) is 1.63. The topological polar surface area (TPSA) is 37.7 Å². The van der Waals surface area contributed by atoms with Crippen LogP contribution in [-0.2, 0) is 4.74 Å². The summed E-state index contributed by atoms with van der Waals surface area (Å²) in [5, 5.41) is 6.84. The van der Waals surface area contributed by atoms with Gasteiger partial charge in [0.2, 0.25) is 0 Å². The minimum atomic E-state index is -0.284. The van der Waals surface area contributed by atoms with Crippen molar-refractivity contribution in [2.75, 3.05) is 38.2 Å². The molecule has 24 heavy (non-hydrogen) atoms. The van der Waals surface area contributed by atoms with E-state index in [-0.39, 0.29) is 11.4 Å². The Bertz CT molecular complexity index is 557. The minimum absolute atomic E-state index is 0.225. The van der Waals surface area contributed by atoms with Gasteiger partial charge in [-0.3, -0.25) is 0 Å². The molecule has 0 aromatic heterocycles. The number of quaternary nitrogens is 1. The van der Waals surface area contributed by atoms with E-state index in [0.717, 1.165) is 32.8 Å². The number of thiocarbonyl (C=S) groups is 1. The number of halogens is 1. The standard InChI is InChI=1S/C18H26FN3OS/c19-15-6-2-3-7-16(15)21-17(24)20-14-18(8-4-1-5-9-18)22-10-12-23-13-11-22/h2-3,6-7H,1,4-5,8-14H2,(H2,20,21,24)/p+1. The van der Waals surface area contributed by atoms with Gasteiger partial charge in [0, 0.05) is 12.8 Å². The van der Waals surface area contributed by atoms with Crippen LogP contribution in [0.3, 0.4) is 0 Å². The zero-order valence-electron chi connectivity index (χ0n) is 14.1. The molecule has 1 aromatic rings. The molecule has 2 fully saturated rings. The molecule has 1 aromatic carbocycles. The second kappa shape index (κ2) is 8.23. The van der Waals surface area contributed by atoms with Crippen molar-refractivity contribution in [2.45, 2.75) is 37.6 Å².